The van der Waals surface area contributed by atoms with Crippen molar-refractivity contribution in [1.29, 1.82) is 0 Å². The molecule has 11 heteroatoms. The summed E-state index contributed by atoms with van der Waals surface area (Å²) in [5, 5.41) is 2.06. The number of hydrogen-bond acceptors (Lipinski definition) is 7. The van der Waals surface area contributed by atoms with Crippen LogP contribution in [-0.4, -0.2) is 26.3 Å². The first kappa shape index (κ1) is 26.3. The number of hydroxylamine groups is 1. The molecule has 2 saturated heterocycles. The number of anilines is 2. The minimum Gasteiger partial charge on any atom is -0.379 e. The molecule has 4 aromatic rings. The smallest absolute Gasteiger partial charge is 0.339 e. The zero-order chi connectivity index (χ0) is 28.0. The Morgan fingerprint density at radius 1 is 0.725 bits per heavy atom. The molecule has 0 aliphatic carbocycles. The number of hydrogen-bond donors (Lipinski definition) is 0. The lowest BCUT2D eigenvalue weighted by molar-refractivity contribution is -0.126. The van der Waals surface area contributed by atoms with Crippen LogP contribution in [0.2, 0.25) is 10.0 Å². The molecule has 0 radical (unpaired) electrons. The molecule has 0 aromatic heterocycles. The third-order valence-corrected chi connectivity index (χ3v) is 8.75. The number of carbonyl (C=O) groups is 2. The number of benzene rings is 4. The minimum absolute atomic E-state index is 0.0267. The van der Waals surface area contributed by atoms with E-state index in [-0.39, 0.29) is 15.7 Å². The highest BCUT2D eigenvalue weighted by atomic mass is 35.5. The van der Waals surface area contributed by atoms with Gasteiger partial charge in [-0.2, -0.15) is 8.42 Å². The van der Waals surface area contributed by atoms with Gasteiger partial charge in [0.15, 0.2) is 6.10 Å². The highest BCUT2D eigenvalue weighted by molar-refractivity contribution is 7.87. The average molecular weight is 595 g/mol. The van der Waals surface area contributed by atoms with Crippen molar-refractivity contribution in [2.24, 2.45) is 5.92 Å². The maximum Gasteiger partial charge on any atom is 0.339 e. The van der Waals surface area contributed by atoms with Crippen LogP contribution in [-0.2, 0) is 24.5 Å². The summed E-state index contributed by atoms with van der Waals surface area (Å²) in [7, 11) is -4.03. The zero-order valence-corrected chi connectivity index (χ0v) is 22.9. The minimum atomic E-state index is -4.03. The fourth-order valence-electron chi connectivity index (χ4n) is 4.91. The van der Waals surface area contributed by atoms with E-state index in [4.69, 9.17) is 32.2 Å². The van der Waals surface area contributed by atoms with Crippen LogP contribution in [0.4, 0.5) is 11.4 Å². The summed E-state index contributed by atoms with van der Waals surface area (Å²) in [6.07, 6.45) is -1.08. The Kier molecular flexibility index (Phi) is 6.75. The van der Waals surface area contributed by atoms with E-state index in [1.807, 2.05) is 30.3 Å². The van der Waals surface area contributed by atoms with Gasteiger partial charge in [0, 0.05) is 0 Å². The fourth-order valence-corrected chi connectivity index (χ4v) is 6.16. The lowest BCUT2D eigenvalue weighted by Gasteiger charge is -2.29. The topological polar surface area (TPSA) is 93.2 Å². The van der Waals surface area contributed by atoms with Crippen molar-refractivity contribution in [2.45, 2.75) is 17.0 Å². The number of halogens is 2. The Morgan fingerprint density at radius 3 is 2.02 bits per heavy atom. The fraction of sp³-hybridized carbons (Fsp3) is 0.103. The summed E-state index contributed by atoms with van der Waals surface area (Å²) in [4.78, 5) is 34.5. The number of fused-ring (bicyclic) bond motifs is 1. The number of rotatable bonds is 6. The van der Waals surface area contributed by atoms with Gasteiger partial charge in [-0.3, -0.25) is 14.4 Å². The van der Waals surface area contributed by atoms with Crippen molar-refractivity contribution in [3.63, 3.8) is 0 Å². The first-order valence-electron chi connectivity index (χ1n) is 12.2. The normalized spacial score (nSPS) is 20.6. The highest BCUT2D eigenvalue weighted by Crippen LogP contribution is 2.48. The molecule has 0 saturated carbocycles. The van der Waals surface area contributed by atoms with Crippen molar-refractivity contribution in [2.75, 3.05) is 9.96 Å². The van der Waals surface area contributed by atoms with Gasteiger partial charge < -0.3 is 4.18 Å². The number of nitrogens with zero attached hydrogens (tertiary/aromatic N) is 2. The zero-order valence-electron chi connectivity index (χ0n) is 20.6. The molecule has 8 nitrogen and oxygen atoms in total. The van der Waals surface area contributed by atoms with Gasteiger partial charge in [-0.05, 0) is 60.2 Å². The van der Waals surface area contributed by atoms with Gasteiger partial charge in [-0.1, -0.05) is 71.7 Å². The van der Waals surface area contributed by atoms with Crippen LogP contribution in [0.15, 0.2) is 108 Å². The first-order valence-corrected chi connectivity index (χ1v) is 14.3. The van der Waals surface area contributed by atoms with Crippen LogP contribution < -0.4 is 14.1 Å². The molecule has 2 fully saturated rings. The van der Waals surface area contributed by atoms with E-state index >= 15 is 0 Å². The van der Waals surface area contributed by atoms with Crippen LogP contribution in [0.25, 0.3) is 0 Å². The molecule has 0 N–H and O–H groups in total. The van der Waals surface area contributed by atoms with Crippen LogP contribution in [0.1, 0.15) is 11.6 Å². The molecule has 202 valence electrons. The Morgan fingerprint density at radius 2 is 1.38 bits per heavy atom. The molecule has 3 atom stereocenters. The monoisotopic (exact) mass is 594 g/mol. The second-order valence-corrected chi connectivity index (χ2v) is 11.5. The Labute approximate surface area is 240 Å². The maximum atomic E-state index is 13.8. The quantitative estimate of drug-likeness (QED) is 0.205. The van der Waals surface area contributed by atoms with Crippen molar-refractivity contribution in [3.8, 4) is 5.75 Å². The van der Waals surface area contributed by atoms with E-state index in [0.29, 0.717) is 22.0 Å². The van der Waals surface area contributed by atoms with Crippen molar-refractivity contribution < 1.29 is 27.0 Å². The Balaban J connectivity index is 1.35. The SMILES string of the molecule is O=C1[C@@H]2[C@@H](ON(c3ccccc3)[C@H]2c2ccc(OS(=O)(=O)c3ccccc3)cc2)C(=O)N1c1ccc(Cl)c(Cl)c1. The van der Waals surface area contributed by atoms with E-state index < -0.39 is 40.0 Å². The van der Waals surface area contributed by atoms with E-state index in [2.05, 4.69) is 0 Å². The van der Waals surface area contributed by atoms with Gasteiger partial charge in [0.25, 0.3) is 5.91 Å². The largest absolute Gasteiger partial charge is 0.379 e. The number of imide groups is 1. The van der Waals surface area contributed by atoms with E-state index in [1.54, 1.807) is 41.5 Å². The average Bonchev–Trinajstić information content (AvgIpc) is 3.47. The predicted octanol–water partition coefficient (Wildman–Crippen LogP) is 5.81. The number of amides is 2. The summed E-state index contributed by atoms with van der Waals surface area (Å²) in [5.74, 6) is -1.77. The Bertz CT molecular complexity index is 1700. The molecule has 0 unspecified atom stereocenters. The number of carbonyl (C=O) groups excluding carboxylic acids is 2. The standard InChI is InChI=1S/C29H20Cl2N2O6S/c30-23-16-13-20(17-24(23)31)32-28(34)25-26(33(38-27(25)29(32)35)19-7-3-1-4-8-19)18-11-14-21(15-12-18)39-40(36,37)22-9-5-2-6-10-22/h1-17,25-27H/t25-,26-,27+/m0/s1. The molecule has 4 aromatic carbocycles. The van der Waals surface area contributed by atoms with Gasteiger partial charge in [0.2, 0.25) is 5.91 Å². The van der Waals surface area contributed by atoms with E-state index in [1.165, 1.54) is 36.4 Å². The lowest BCUT2D eigenvalue weighted by atomic mass is 9.90. The predicted molar refractivity (Wildman–Crippen MR) is 150 cm³/mol. The van der Waals surface area contributed by atoms with Gasteiger partial charge in [-0.25, -0.2) is 9.96 Å². The summed E-state index contributed by atoms with van der Waals surface area (Å²) >= 11 is 12.2. The molecule has 2 heterocycles. The molecule has 2 aliphatic rings. The molecule has 0 bridgehead atoms. The maximum absolute atomic E-state index is 13.8. The summed E-state index contributed by atoms with van der Waals surface area (Å²) in [6.45, 7) is 0. The molecular formula is C29H20Cl2N2O6S. The summed E-state index contributed by atoms with van der Waals surface area (Å²) < 4.78 is 30.6. The van der Waals surface area contributed by atoms with Crippen molar-refractivity contribution >= 4 is 56.5 Å². The summed E-state index contributed by atoms with van der Waals surface area (Å²) in [6, 6.07) is 27.1. The molecule has 6 rings (SSSR count). The van der Waals surface area contributed by atoms with Crippen LogP contribution in [0, 0.1) is 5.92 Å². The van der Waals surface area contributed by atoms with E-state index in [0.717, 1.165) is 4.90 Å². The Hall–Kier alpha value is -3.89. The van der Waals surface area contributed by atoms with Crippen LogP contribution >= 0.6 is 23.2 Å². The van der Waals surface area contributed by atoms with Crippen molar-refractivity contribution in [1.82, 2.24) is 0 Å². The third kappa shape index (κ3) is 4.61. The van der Waals surface area contributed by atoms with Gasteiger partial charge in [0.1, 0.15) is 16.6 Å². The molecule has 0 spiro atoms. The van der Waals surface area contributed by atoms with E-state index in [9.17, 15) is 18.0 Å². The second-order valence-electron chi connectivity index (χ2n) is 9.19. The molecule has 40 heavy (non-hydrogen) atoms. The van der Waals surface area contributed by atoms with Gasteiger partial charge in [0.05, 0.1) is 27.5 Å². The lowest BCUT2D eigenvalue weighted by Crippen LogP contribution is -2.37. The van der Waals surface area contributed by atoms with Gasteiger partial charge >= 0.3 is 10.1 Å². The first-order chi connectivity index (χ1) is 19.2. The van der Waals surface area contributed by atoms with Crippen LogP contribution in [0.3, 0.4) is 0 Å². The highest BCUT2D eigenvalue weighted by Gasteiger charge is 2.60. The van der Waals surface area contributed by atoms with Gasteiger partial charge in [-0.15, -0.1) is 0 Å². The summed E-state index contributed by atoms with van der Waals surface area (Å²) in [5.41, 5.74) is 1.57. The molecule has 2 aliphatic heterocycles. The second kappa shape index (κ2) is 10.3. The number of para-hydroxylation sites is 1. The molecule has 2 amide bonds. The molecular weight excluding hydrogens is 575 g/mol. The van der Waals surface area contributed by atoms with Crippen molar-refractivity contribution in [3.05, 3.63) is 119 Å². The van der Waals surface area contributed by atoms with Crippen LogP contribution in [0.5, 0.6) is 5.75 Å². The third-order valence-electron chi connectivity index (χ3n) is 6.75.